The van der Waals surface area contributed by atoms with E-state index in [1.165, 1.54) is 0 Å². The maximum atomic E-state index is 11.8. The van der Waals surface area contributed by atoms with Gasteiger partial charge in [-0.15, -0.1) is 0 Å². The predicted molar refractivity (Wildman–Crippen MR) is 71.9 cm³/mol. The topological polar surface area (TPSA) is 75.4 Å². The van der Waals surface area contributed by atoms with Gasteiger partial charge in [0.1, 0.15) is 6.04 Å². The number of nitrogens with two attached hydrogens (primary N) is 1. The van der Waals surface area contributed by atoms with Crippen molar-refractivity contribution in [2.45, 2.75) is 31.7 Å². The first-order valence-electron chi connectivity index (χ1n) is 6.45. The number of aliphatic hydroxyl groups excluding tert-OH is 1. The van der Waals surface area contributed by atoms with Gasteiger partial charge in [0.15, 0.2) is 0 Å². The van der Waals surface area contributed by atoms with Crippen molar-refractivity contribution < 1.29 is 9.90 Å². The van der Waals surface area contributed by atoms with E-state index in [0.29, 0.717) is 6.54 Å². The summed E-state index contributed by atoms with van der Waals surface area (Å²) in [5, 5.41) is 11.5. The van der Waals surface area contributed by atoms with Crippen molar-refractivity contribution in [3.05, 3.63) is 35.9 Å². The smallest absolute Gasteiger partial charge is 0.241 e. The van der Waals surface area contributed by atoms with E-state index < -0.39 is 6.04 Å². The Labute approximate surface area is 108 Å². The Bertz CT molecular complexity index is 341. The van der Waals surface area contributed by atoms with E-state index in [2.05, 4.69) is 5.32 Å². The van der Waals surface area contributed by atoms with Gasteiger partial charge < -0.3 is 16.2 Å². The number of carbonyl (C=O) groups is 1. The van der Waals surface area contributed by atoms with Crippen LogP contribution in [0.5, 0.6) is 0 Å². The number of nitrogens with one attached hydrogen (secondary N) is 1. The number of aliphatic hydroxyl groups is 1. The van der Waals surface area contributed by atoms with Gasteiger partial charge >= 0.3 is 0 Å². The number of unbranched alkanes of at least 4 members (excludes halogenated alkanes) is 3. The summed E-state index contributed by atoms with van der Waals surface area (Å²) in [4.78, 5) is 11.8. The minimum absolute atomic E-state index is 0.136. The summed E-state index contributed by atoms with van der Waals surface area (Å²) < 4.78 is 0. The van der Waals surface area contributed by atoms with Crippen LogP contribution in [0, 0.1) is 0 Å². The molecular weight excluding hydrogens is 228 g/mol. The number of amides is 1. The van der Waals surface area contributed by atoms with Crippen LogP contribution in [0.1, 0.15) is 37.3 Å². The summed E-state index contributed by atoms with van der Waals surface area (Å²) in [6, 6.07) is 8.75. The lowest BCUT2D eigenvalue weighted by Gasteiger charge is -2.12. The van der Waals surface area contributed by atoms with Gasteiger partial charge in [-0.2, -0.15) is 0 Å². The van der Waals surface area contributed by atoms with Gasteiger partial charge in [-0.3, -0.25) is 4.79 Å². The van der Waals surface area contributed by atoms with Gasteiger partial charge in [-0.1, -0.05) is 43.2 Å². The summed E-state index contributed by atoms with van der Waals surface area (Å²) in [6.07, 6.45) is 3.77. The Kier molecular flexibility index (Phi) is 7.06. The molecule has 0 unspecified atom stereocenters. The summed E-state index contributed by atoms with van der Waals surface area (Å²) in [5.41, 5.74) is 6.68. The largest absolute Gasteiger partial charge is 0.396 e. The van der Waals surface area contributed by atoms with Gasteiger partial charge in [0, 0.05) is 13.2 Å². The second-order valence-electron chi connectivity index (χ2n) is 4.32. The van der Waals surface area contributed by atoms with Crippen LogP contribution < -0.4 is 11.1 Å². The molecule has 0 saturated heterocycles. The summed E-state index contributed by atoms with van der Waals surface area (Å²) in [5.74, 6) is -0.136. The minimum Gasteiger partial charge on any atom is -0.396 e. The van der Waals surface area contributed by atoms with Crippen molar-refractivity contribution in [1.29, 1.82) is 0 Å². The van der Waals surface area contributed by atoms with E-state index >= 15 is 0 Å². The zero-order valence-electron chi connectivity index (χ0n) is 10.6. The van der Waals surface area contributed by atoms with Gasteiger partial charge in [0.05, 0.1) is 0 Å². The van der Waals surface area contributed by atoms with Crippen LogP contribution in [0.3, 0.4) is 0 Å². The molecule has 1 atom stereocenters. The molecule has 4 heteroatoms. The normalized spacial score (nSPS) is 12.1. The molecule has 0 aliphatic rings. The highest BCUT2D eigenvalue weighted by Gasteiger charge is 2.14. The third-order valence-corrected chi connectivity index (χ3v) is 2.83. The number of rotatable bonds is 8. The molecule has 0 bridgehead atoms. The molecule has 4 nitrogen and oxygen atoms in total. The molecule has 1 aromatic rings. The quantitative estimate of drug-likeness (QED) is 0.610. The molecule has 0 aliphatic carbocycles. The highest BCUT2D eigenvalue weighted by atomic mass is 16.2. The van der Waals surface area contributed by atoms with Crippen molar-refractivity contribution in [3.8, 4) is 0 Å². The number of carbonyl (C=O) groups excluding carboxylic acids is 1. The molecule has 0 fully saturated rings. The van der Waals surface area contributed by atoms with E-state index in [1.807, 2.05) is 30.3 Å². The van der Waals surface area contributed by atoms with Gasteiger partial charge in [0.25, 0.3) is 0 Å². The molecule has 0 aromatic heterocycles. The van der Waals surface area contributed by atoms with E-state index in [9.17, 15) is 4.79 Å². The molecular formula is C14H22N2O2. The van der Waals surface area contributed by atoms with Crippen molar-refractivity contribution in [2.24, 2.45) is 5.73 Å². The molecule has 18 heavy (non-hydrogen) atoms. The Balaban J connectivity index is 2.20. The fraction of sp³-hybridized carbons (Fsp3) is 0.500. The van der Waals surface area contributed by atoms with E-state index in [-0.39, 0.29) is 12.5 Å². The van der Waals surface area contributed by atoms with Gasteiger partial charge in [-0.05, 0) is 18.4 Å². The van der Waals surface area contributed by atoms with Crippen LogP contribution in [-0.4, -0.2) is 24.2 Å². The molecule has 0 aliphatic heterocycles. The fourth-order valence-electron chi connectivity index (χ4n) is 1.72. The average Bonchev–Trinajstić information content (AvgIpc) is 2.42. The Morgan fingerprint density at radius 1 is 1.17 bits per heavy atom. The predicted octanol–water partition coefficient (Wildman–Crippen LogP) is 1.36. The molecule has 1 amide bonds. The van der Waals surface area contributed by atoms with Crippen molar-refractivity contribution in [1.82, 2.24) is 5.32 Å². The SMILES string of the molecule is N[C@H](C(=O)NCCCCCCO)c1ccccc1. The first kappa shape index (κ1) is 14.7. The maximum Gasteiger partial charge on any atom is 0.241 e. The Hall–Kier alpha value is -1.39. The lowest BCUT2D eigenvalue weighted by atomic mass is 10.1. The third kappa shape index (κ3) is 5.29. The molecule has 0 saturated carbocycles. The van der Waals surface area contributed by atoms with Crippen LogP contribution >= 0.6 is 0 Å². The van der Waals surface area contributed by atoms with Crippen LogP contribution in [0.2, 0.25) is 0 Å². The van der Waals surface area contributed by atoms with Crippen LogP contribution in [0.25, 0.3) is 0 Å². The number of hydrogen-bond acceptors (Lipinski definition) is 3. The minimum atomic E-state index is -0.594. The summed E-state index contributed by atoms with van der Waals surface area (Å²) in [7, 11) is 0. The van der Waals surface area contributed by atoms with E-state index in [0.717, 1.165) is 31.2 Å². The second kappa shape index (κ2) is 8.66. The molecule has 100 valence electrons. The number of hydrogen-bond donors (Lipinski definition) is 3. The lowest BCUT2D eigenvalue weighted by molar-refractivity contribution is -0.122. The fourth-order valence-corrected chi connectivity index (χ4v) is 1.72. The van der Waals surface area contributed by atoms with E-state index in [4.69, 9.17) is 10.8 Å². The maximum absolute atomic E-state index is 11.8. The zero-order valence-corrected chi connectivity index (χ0v) is 10.6. The van der Waals surface area contributed by atoms with Gasteiger partial charge in [-0.25, -0.2) is 0 Å². The monoisotopic (exact) mass is 250 g/mol. The Morgan fingerprint density at radius 3 is 2.50 bits per heavy atom. The lowest BCUT2D eigenvalue weighted by Crippen LogP contribution is -2.34. The summed E-state index contributed by atoms with van der Waals surface area (Å²) in [6.45, 7) is 0.885. The standard InChI is InChI=1S/C14H22N2O2/c15-13(12-8-4-3-5-9-12)14(18)16-10-6-1-2-7-11-17/h3-5,8-9,13,17H,1-2,6-7,10-11,15H2,(H,16,18)/t13-/m0/s1. The first-order valence-corrected chi connectivity index (χ1v) is 6.45. The number of benzene rings is 1. The third-order valence-electron chi connectivity index (χ3n) is 2.83. The average molecular weight is 250 g/mol. The van der Waals surface area contributed by atoms with Crippen molar-refractivity contribution >= 4 is 5.91 Å². The van der Waals surface area contributed by atoms with Crippen molar-refractivity contribution in [3.63, 3.8) is 0 Å². The zero-order chi connectivity index (χ0) is 13.2. The van der Waals surface area contributed by atoms with Gasteiger partial charge in [0.2, 0.25) is 5.91 Å². The summed E-state index contributed by atoms with van der Waals surface area (Å²) >= 11 is 0. The molecule has 1 aromatic carbocycles. The molecule has 1 rings (SSSR count). The highest BCUT2D eigenvalue weighted by Crippen LogP contribution is 2.09. The molecule has 0 heterocycles. The van der Waals surface area contributed by atoms with Crippen LogP contribution in [-0.2, 0) is 4.79 Å². The van der Waals surface area contributed by atoms with Crippen molar-refractivity contribution in [2.75, 3.05) is 13.2 Å². The Morgan fingerprint density at radius 2 is 1.83 bits per heavy atom. The molecule has 0 radical (unpaired) electrons. The first-order chi connectivity index (χ1) is 8.75. The highest BCUT2D eigenvalue weighted by molar-refractivity contribution is 5.82. The van der Waals surface area contributed by atoms with Crippen LogP contribution in [0.4, 0.5) is 0 Å². The van der Waals surface area contributed by atoms with Crippen LogP contribution in [0.15, 0.2) is 30.3 Å². The molecule has 0 spiro atoms. The van der Waals surface area contributed by atoms with E-state index in [1.54, 1.807) is 0 Å². The molecule has 4 N–H and O–H groups in total. The second-order valence-corrected chi connectivity index (χ2v) is 4.32.